The Morgan fingerprint density at radius 1 is 1.42 bits per heavy atom. The van der Waals surface area contributed by atoms with Gasteiger partial charge in [-0.2, -0.15) is 5.26 Å². The minimum Gasteiger partial charge on any atom is -0.356 e. The van der Waals surface area contributed by atoms with E-state index in [1.807, 2.05) is 13.0 Å². The van der Waals surface area contributed by atoms with Gasteiger partial charge in [0.1, 0.15) is 11.6 Å². The number of nitrogens with one attached hydrogen (secondary N) is 1. The zero-order chi connectivity index (χ0) is 16.7. The molecule has 1 aliphatic carbocycles. The number of nitrogens with zero attached hydrogens (tertiary/aromatic N) is 4. The molecule has 0 bridgehead atoms. The third-order valence-corrected chi connectivity index (χ3v) is 5.27. The smallest absolute Gasteiger partial charge is 0.254 e. The van der Waals surface area contributed by atoms with Crippen molar-refractivity contribution in [2.75, 3.05) is 18.0 Å². The van der Waals surface area contributed by atoms with Crippen LogP contribution in [-0.2, 0) is 11.8 Å². The summed E-state index contributed by atoms with van der Waals surface area (Å²) in [6.45, 7) is 3.56. The number of hydrogen-bond donors (Lipinski definition) is 1. The fourth-order valence-corrected chi connectivity index (χ4v) is 4.15. The lowest BCUT2D eigenvalue weighted by Gasteiger charge is -2.41. The topological polar surface area (TPSA) is 85.7 Å². The molecule has 0 radical (unpaired) electrons. The van der Waals surface area contributed by atoms with Crippen molar-refractivity contribution in [3.05, 3.63) is 51.3 Å². The van der Waals surface area contributed by atoms with Crippen LogP contribution < -0.4 is 10.5 Å². The number of aryl methyl sites for hydroxylation is 1. The van der Waals surface area contributed by atoms with Crippen molar-refractivity contribution >= 4 is 5.82 Å². The minimum absolute atomic E-state index is 0.0103. The fraction of sp³-hybridized carbons (Fsp3) is 0.444. The zero-order valence-corrected chi connectivity index (χ0v) is 13.7. The summed E-state index contributed by atoms with van der Waals surface area (Å²) >= 11 is 0. The number of pyridine rings is 1. The molecule has 0 amide bonds. The molecular weight excluding hydrogens is 302 g/mol. The van der Waals surface area contributed by atoms with E-state index < -0.39 is 0 Å². The average molecular weight is 321 g/mol. The summed E-state index contributed by atoms with van der Waals surface area (Å²) in [7, 11) is 0. The van der Waals surface area contributed by atoms with Crippen molar-refractivity contribution in [1.82, 2.24) is 15.0 Å². The van der Waals surface area contributed by atoms with Crippen molar-refractivity contribution in [3.63, 3.8) is 0 Å². The van der Waals surface area contributed by atoms with Gasteiger partial charge in [0.15, 0.2) is 0 Å². The van der Waals surface area contributed by atoms with Crippen molar-refractivity contribution in [2.24, 2.45) is 0 Å². The van der Waals surface area contributed by atoms with Crippen LogP contribution in [0.4, 0.5) is 5.82 Å². The number of fused-ring (bicyclic) bond motifs is 2. The maximum atomic E-state index is 12.2. The Kier molecular flexibility index (Phi) is 3.38. The molecule has 1 aliphatic heterocycles. The van der Waals surface area contributed by atoms with Crippen molar-refractivity contribution in [2.45, 2.75) is 38.0 Å². The van der Waals surface area contributed by atoms with E-state index in [4.69, 9.17) is 10.2 Å². The van der Waals surface area contributed by atoms with E-state index in [0.717, 1.165) is 55.8 Å². The molecule has 6 nitrogen and oxygen atoms in total. The maximum Gasteiger partial charge on any atom is 0.254 e. The summed E-state index contributed by atoms with van der Waals surface area (Å²) in [6, 6.07) is 5.73. The molecule has 24 heavy (non-hydrogen) atoms. The number of anilines is 1. The van der Waals surface area contributed by atoms with Gasteiger partial charge in [-0.15, -0.1) is 0 Å². The summed E-state index contributed by atoms with van der Waals surface area (Å²) in [5.74, 6) is 1.52. The summed E-state index contributed by atoms with van der Waals surface area (Å²) in [4.78, 5) is 26.4. The molecule has 2 aromatic rings. The number of nitriles is 1. The lowest BCUT2D eigenvalue weighted by molar-refractivity contribution is 0.333. The van der Waals surface area contributed by atoms with Gasteiger partial charge in [0.05, 0.1) is 17.3 Å². The highest BCUT2D eigenvalue weighted by atomic mass is 16.1. The van der Waals surface area contributed by atoms with Gasteiger partial charge in [0.2, 0.25) is 0 Å². The van der Waals surface area contributed by atoms with E-state index in [1.165, 1.54) is 0 Å². The van der Waals surface area contributed by atoms with E-state index in [0.29, 0.717) is 11.4 Å². The molecule has 0 aromatic carbocycles. The Labute approximate surface area is 140 Å². The van der Waals surface area contributed by atoms with Crippen LogP contribution in [-0.4, -0.2) is 28.0 Å². The molecular formula is C18H19N5O. The molecule has 0 saturated carbocycles. The average Bonchev–Trinajstić information content (AvgIpc) is 2.93. The Bertz CT molecular complexity index is 897. The van der Waals surface area contributed by atoms with E-state index >= 15 is 0 Å². The first-order chi connectivity index (χ1) is 11.6. The second-order valence-electron chi connectivity index (χ2n) is 6.80. The van der Waals surface area contributed by atoms with E-state index in [9.17, 15) is 4.79 Å². The Morgan fingerprint density at radius 3 is 3.12 bits per heavy atom. The zero-order valence-electron chi connectivity index (χ0n) is 13.7. The van der Waals surface area contributed by atoms with Crippen LogP contribution in [0.15, 0.2) is 23.1 Å². The number of aromatic nitrogens is 3. The summed E-state index contributed by atoms with van der Waals surface area (Å²) < 4.78 is 0. The molecule has 122 valence electrons. The highest BCUT2D eigenvalue weighted by Crippen LogP contribution is 2.43. The van der Waals surface area contributed by atoms with Crippen LogP contribution in [0.2, 0.25) is 0 Å². The molecule has 3 heterocycles. The first-order valence-electron chi connectivity index (χ1n) is 8.33. The minimum atomic E-state index is -0.0725. The molecule has 2 aromatic heterocycles. The van der Waals surface area contributed by atoms with Gasteiger partial charge in [-0.05, 0) is 44.7 Å². The van der Waals surface area contributed by atoms with Gasteiger partial charge in [-0.25, -0.2) is 9.97 Å². The van der Waals surface area contributed by atoms with Gasteiger partial charge < -0.3 is 9.88 Å². The number of hydrogen-bond acceptors (Lipinski definition) is 5. The summed E-state index contributed by atoms with van der Waals surface area (Å²) in [5, 5.41) is 9.11. The number of aromatic amines is 1. The standard InChI is InChI=1S/C18H19N5O/c1-12-21-16-14(17(24)22-12)3-6-18(16)5-2-8-23(11-18)15-9-13(10-19)4-7-20-15/h4,7,9H,2-3,5-6,8,11H2,1H3,(H,21,22,24). The monoisotopic (exact) mass is 321 g/mol. The Morgan fingerprint density at radius 2 is 2.29 bits per heavy atom. The molecule has 1 spiro atoms. The van der Waals surface area contributed by atoms with Crippen LogP contribution in [0.5, 0.6) is 0 Å². The number of rotatable bonds is 1. The van der Waals surface area contributed by atoms with Gasteiger partial charge in [-0.1, -0.05) is 0 Å². The van der Waals surface area contributed by atoms with Crippen LogP contribution in [0, 0.1) is 18.3 Å². The van der Waals surface area contributed by atoms with Crippen molar-refractivity contribution in [1.29, 1.82) is 5.26 Å². The summed E-state index contributed by atoms with van der Waals surface area (Å²) in [6.07, 6.45) is 5.51. The Balaban J connectivity index is 1.72. The molecule has 1 unspecified atom stereocenters. The SMILES string of the molecule is Cc1nc2c(c(=O)[nH]1)CCC21CCCN(c2cc(C#N)ccn2)C1. The first-order valence-corrected chi connectivity index (χ1v) is 8.33. The Hall–Kier alpha value is -2.68. The predicted molar refractivity (Wildman–Crippen MR) is 90.0 cm³/mol. The van der Waals surface area contributed by atoms with E-state index in [1.54, 1.807) is 12.3 Å². The van der Waals surface area contributed by atoms with Crippen molar-refractivity contribution < 1.29 is 0 Å². The van der Waals surface area contributed by atoms with Crippen LogP contribution in [0.1, 0.15) is 41.9 Å². The molecule has 1 atom stereocenters. The largest absolute Gasteiger partial charge is 0.356 e. The number of piperidine rings is 1. The van der Waals surface area contributed by atoms with Crippen LogP contribution in [0.25, 0.3) is 0 Å². The second-order valence-corrected chi connectivity index (χ2v) is 6.80. The van der Waals surface area contributed by atoms with Gasteiger partial charge >= 0.3 is 0 Å². The van der Waals surface area contributed by atoms with E-state index in [-0.39, 0.29) is 11.0 Å². The predicted octanol–water partition coefficient (Wildman–Crippen LogP) is 1.83. The van der Waals surface area contributed by atoms with E-state index in [2.05, 4.69) is 20.9 Å². The highest BCUT2D eigenvalue weighted by molar-refractivity contribution is 5.47. The third-order valence-electron chi connectivity index (χ3n) is 5.27. The molecule has 1 saturated heterocycles. The number of H-pyrrole nitrogens is 1. The lowest BCUT2D eigenvalue weighted by Crippen LogP contribution is -2.46. The molecule has 1 N–H and O–H groups in total. The van der Waals surface area contributed by atoms with Gasteiger partial charge in [-0.3, -0.25) is 4.79 Å². The summed E-state index contributed by atoms with van der Waals surface area (Å²) in [5.41, 5.74) is 2.38. The first kappa shape index (κ1) is 14.9. The molecule has 2 aliphatic rings. The van der Waals surface area contributed by atoms with Crippen LogP contribution >= 0.6 is 0 Å². The van der Waals surface area contributed by atoms with Crippen molar-refractivity contribution in [3.8, 4) is 6.07 Å². The van der Waals surface area contributed by atoms with Gasteiger partial charge in [0.25, 0.3) is 5.56 Å². The third kappa shape index (κ3) is 2.28. The quantitative estimate of drug-likeness (QED) is 0.866. The second kappa shape index (κ2) is 5.45. The van der Waals surface area contributed by atoms with Crippen LogP contribution in [0.3, 0.4) is 0 Å². The fourth-order valence-electron chi connectivity index (χ4n) is 4.15. The van der Waals surface area contributed by atoms with Gasteiger partial charge in [0, 0.05) is 30.3 Å². The molecule has 1 fully saturated rings. The molecule has 4 rings (SSSR count). The highest BCUT2D eigenvalue weighted by Gasteiger charge is 2.44. The lowest BCUT2D eigenvalue weighted by atomic mass is 9.77. The maximum absolute atomic E-state index is 12.2. The normalized spacial score (nSPS) is 22.4. The molecule has 6 heteroatoms.